The second-order valence-electron chi connectivity index (χ2n) is 5.24. The van der Waals surface area contributed by atoms with E-state index >= 15 is 0 Å². The fourth-order valence-electron chi connectivity index (χ4n) is 3.35. The molecular weight excluding hydrogens is 204 g/mol. The highest BCUT2D eigenvalue weighted by Crippen LogP contribution is 2.41. The molecule has 2 bridgehead atoms. The van der Waals surface area contributed by atoms with Gasteiger partial charge in [-0.05, 0) is 39.8 Å². The minimum Gasteiger partial charge on any atom is -0.469 e. The molecule has 0 aromatic rings. The summed E-state index contributed by atoms with van der Waals surface area (Å²) in [6.45, 7) is 0. The van der Waals surface area contributed by atoms with Crippen LogP contribution >= 0.6 is 0 Å². The summed E-state index contributed by atoms with van der Waals surface area (Å²) in [6.07, 6.45) is 5.16. The average molecular weight is 226 g/mol. The maximum Gasteiger partial charge on any atom is 0.307 e. The van der Waals surface area contributed by atoms with E-state index in [1.54, 1.807) is 0 Å². The van der Waals surface area contributed by atoms with Crippen molar-refractivity contribution >= 4 is 5.97 Å². The summed E-state index contributed by atoms with van der Waals surface area (Å²) < 4.78 is 4.81. The van der Waals surface area contributed by atoms with Crippen molar-refractivity contribution in [1.29, 1.82) is 0 Å². The van der Waals surface area contributed by atoms with Crippen LogP contribution < -0.4 is 5.32 Å². The monoisotopic (exact) mass is 226 g/mol. The molecule has 16 heavy (non-hydrogen) atoms. The van der Waals surface area contributed by atoms with Crippen molar-refractivity contribution in [2.45, 2.75) is 49.7 Å². The Balaban J connectivity index is 2.09. The number of esters is 1. The first-order valence-corrected chi connectivity index (χ1v) is 6.08. The largest absolute Gasteiger partial charge is 0.469 e. The molecule has 1 N–H and O–H groups in total. The van der Waals surface area contributed by atoms with Crippen molar-refractivity contribution in [2.75, 3.05) is 21.2 Å². The molecule has 92 valence electrons. The Morgan fingerprint density at radius 2 is 2.00 bits per heavy atom. The van der Waals surface area contributed by atoms with Crippen LogP contribution in [0.4, 0.5) is 0 Å². The van der Waals surface area contributed by atoms with Gasteiger partial charge in [0.2, 0.25) is 0 Å². The van der Waals surface area contributed by atoms with Crippen molar-refractivity contribution in [3.63, 3.8) is 0 Å². The Morgan fingerprint density at radius 1 is 1.44 bits per heavy atom. The van der Waals surface area contributed by atoms with Crippen LogP contribution in [0.3, 0.4) is 0 Å². The van der Waals surface area contributed by atoms with Gasteiger partial charge in [-0.1, -0.05) is 0 Å². The van der Waals surface area contributed by atoms with Gasteiger partial charge < -0.3 is 15.0 Å². The quantitative estimate of drug-likeness (QED) is 0.722. The van der Waals surface area contributed by atoms with Gasteiger partial charge in [0.15, 0.2) is 0 Å². The highest BCUT2D eigenvalue weighted by Gasteiger charge is 2.47. The van der Waals surface area contributed by atoms with Gasteiger partial charge in [0.05, 0.1) is 13.5 Å². The maximum atomic E-state index is 11.5. The number of methoxy groups -OCH3 is 1. The summed E-state index contributed by atoms with van der Waals surface area (Å²) >= 11 is 0. The number of nitrogens with one attached hydrogen (secondary N) is 1. The van der Waals surface area contributed by atoms with Gasteiger partial charge in [-0.25, -0.2) is 0 Å². The zero-order valence-corrected chi connectivity index (χ0v) is 10.5. The maximum absolute atomic E-state index is 11.5. The molecule has 2 aliphatic rings. The van der Waals surface area contributed by atoms with Crippen molar-refractivity contribution < 1.29 is 9.53 Å². The Morgan fingerprint density at radius 3 is 2.44 bits per heavy atom. The number of hydrogen-bond acceptors (Lipinski definition) is 4. The van der Waals surface area contributed by atoms with E-state index in [0.717, 1.165) is 12.8 Å². The summed E-state index contributed by atoms with van der Waals surface area (Å²) in [5, 5.41) is 3.38. The fourth-order valence-corrected chi connectivity index (χ4v) is 3.35. The van der Waals surface area contributed by atoms with Crippen LogP contribution in [0.5, 0.6) is 0 Å². The Kier molecular flexibility index (Phi) is 3.22. The van der Waals surface area contributed by atoms with Gasteiger partial charge >= 0.3 is 5.97 Å². The fraction of sp³-hybridized carbons (Fsp3) is 0.917. The summed E-state index contributed by atoms with van der Waals surface area (Å²) in [6, 6.07) is 1.27. The molecule has 4 heteroatoms. The Hall–Kier alpha value is -0.610. The number of piperidine rings is 1. The lowest BCUT2D eigenvalue weighted by Crippen LogP contribution is -2.56. The first-order valence-electron chi connectivity index (χ1n) is 6.08. The number of fused-ring (bicyclic) bond motifs is 2. The van der Waals surface area contributed by atoms with Crippen LogP contribution in [0.25, 0.3) is 0 Å². The molecule has 0 spiro atoms. The normalized spacial score (nSPS) is 38.7. The zero-order valence-electron chi connectivity index (χ0n) is 10.5. The molecule has 0 aromatic heterocycles. The minimum atomic E-state index is -0.0988. The van der Waals surface area contributed by atoms with E-state index in [0.29, 0.717) is 18.5 Å². The molecule has 0 radical (unpaired) electrons. The van der Waals surface area contributed by atoms with Crippen molar-refractivity contribution in [3.05, 3.63) is 0 Å². The SMILES string of the molecule is CNC1(CC(=O)OC)CC2CCC(C1)N2C. The number of carbonyl (C=O) groups excluding carboxylic acids is 1. The zero-order chi connectivity index (χ0) is 11.8. The van der Waals surface area contributed by atoms with Gasteiger partial charge in [0.25, 0.3) is 0 Å². The molecule has 2 saturated heterocycles. The Labute approximate surface area is 97.3 Å². The first kappa shape index (κ1) is 11.9. The average Bonchev–Trinajstić information content (AvgIpc) is 2.54. The summed E-state index contributed by atoms with van der Waals surface area (Å²) in [5.74, 6) is -0.0988. The van der Waals surface area contributed by atoms with Crippen LogP contribution in [0.15, 0.2) is 0 Å². The van der Waals surface area contributed by atoms with Gasteiger partial charge in [0, 0.05) is 17.6 Å². The topological polar surface area (TPSA) is 41.6 Å². The Bertz CT molecular complexity index is 266. The second-order valence-corrected chi connectivity index (χ2v) is 5.24. The smallest absolute Gasteiger partial charge is 0.307 e. The third kappa shape index (κ3) is 1.96. The van der Waals surface area contributed by atoms with Crippen molar-refractivity contribution in [3.8, 4) is 0 Å². The number of rotatable bonds is 3. The minimum absolute atomic E-state index is 0.0363. The van der Waals surface area contributed by atoms with Crippen LogP contribution in [-0.4, -0.2) is 49.7 Å². The molecule has 2 heterocycles. The summed E-state index contributed by atoms with van der Waals surface area (Å²) in [4.78, 5) is 14.0. The lowest BCUT2D eigenvalue weighted by molar-refractivity contribution is -0.143. The van der Waals surface area contributed by atoms with Crippen LogP contribution in [0, 0.1) is 0 Å². The van der Waals surface area contributed by atoms with E-state index in [1.165, 1.54) is 20.0 Å². The first-order chi connectivity index (χ1) is 7.60. The third-order valence-corrected chi connectivity index (χ3v) is 4.48. The lowest BCUT2D eigenvalue weighted by atomic mass is 9.80. The number of carbonyl (C=O) groups is 1. The molecule has 0 amide bonds. The highest BCUT2D eigenvalue weighted by atomic mass is 16.5. The molecule has 0 aliphatic carbocycles. The van der Waals surface area contributed by atoms with Crippen LogP contribution in [0.1, 0.15) is 32.1 Å². The van der Waals surface area contributed by atoms with E-state index in [2.05, 4.69) is 17.3 Å². The van der Waals surface area contributed by atoms with Gasteiger partial charge in [-0.2, -0.15) is 0 Å². The predicted molar refractivity (Wildman–Crippen MR) is 62.2 cm³/mol. The molecule has 2 unspecified atom stereocenters. The molecule has 2 aliphatic heterocycles. The van der Waals surface area contributed by atoms with Gasteiger partial charge in [-0.15, -0.1) is 0 Å². The summed E-state index contributed by atoms with van der Waals surface area (Å²) in [5.41, 5.74) is -0.0363. The van der Waals surface area contributed by atoms with Gasteiger partial charge in [0.1, 0.15) is 0 Å². The molecular formula is C12H22N2O2. The highest BCUT2D eigenvalue weighted by molar-refractivity contribution is 5.70. The second kappa shape index (κ2) is 4.34. The van der Waals surface area contributed by atoms with Crippen molar-refractivity contribution in [1.82, 2.24) is 10.2 Å². The molecule has 0 saturated carbocycles. The van der Waals surface area contributed by atoms with E-state index in [9.17, 15) is 4.79 Å². The van der Waals surface area contributed by atoms with E-state index in [1.807, 2.05) is 7.05 Å². The molecule has 0 aromatic carbocycles. The third-order valence-electron chi connectivity index (χ3n) is 4.48. The molecule has 2 fully saturated rings. The van der Waals surface area contributed by atoms with Gasteiger partial charge in [-0.3, -0.25) is 4.79 Å². The number of hydrogen-bond donors (Lipinski definition) is 1. The standard InChI is InChI=1S/C12H22N2O2/c1-13-12(8-11(15)16-3)6-9-4-5-10(7-12)14(9)2/h9-10,13H,4-8H2,1-3H3. The molecule has 4 nitrogen and oxygen atoms in total. The van der Waals surface area contributed by atoms with E-state index < -0.39 is 0 Å². The lowest BCUT2D eigenvalue weighted by Gasteiger charge is -2.44. The van der Waals surface area contributed by atoms with E-state index in [4.69, 9.17) is 4.74 Å². The van der Waals surface area contributed by atoms with Crippen LogP contribution in [-0.2, 0) is 9.53 Å². The number of ether oxygens (including phenoxy) is 1. The number of nitrogens with zero attached hydrogens (tertiary/aromatic N) is 1. The summed E-state index contributed by atoms with van der Waals surface area (Å²) in [7, 11) is 5.64. The van der Waals surface area contributed by atoms with E-state index in [-0.39, 0.29) is 11.5 Å². The predicted octanol–water partition coefficient (Wildman–Crippen LogP) is 0.764. The molecule has 2 atom stereocenters. The van der Waals surface area contributed by atoms with Crippen LogP contribution in [0.2, 0.25) is 0 Å². The molecule has 2 rings (SSSR count). The van der Waals surface area contributed by atoms with Crippen molar-refractivity contribution in [2.24, 2.45) is 0 Å².